The molecule has 1 aromatic heterocycles. The lowest BCUT2D eigenvalue weighted by molar-refractivity contribution is -0.274. The molecular formula is C13H12ClF3N2O. The lowest BCUT2D eigenvalue weighted by Gasteiger charge is -2.13. The highest BCUT2D eigenvalue weighted by atomic mass is 35.5. The molecule has 1 atom stereocenters. The van der Waals surface area contributed by atoms with Gasteiger partial charge < -0.3 is 10.5 Å². The van der Waals surface area contributed by atoms with Gasteiger partial charge in [0, 0.05) is 12.4 Å². The molecule has 0 saturated heterocycles. The average Bonchev–Trinajstić information content (AvgIpc) is 2.38. The Bertz CT molecular complexity index is 532. The molecule has 0 aliphatic carbocycles. The molecule has 1 heterocycles. The molecule has 0 bridgehead atoms. The minimum atomic E-state index is -4.69. The molecule has 108 valence electrons. The van der Waals surface area contributed by atoms with E-state index in [1.807, 2.05) is 0 Å². The summed E-state index contributed by atoms with van der Waals surface area (Å²) < 4.78 is 39.8. The summed E-state index contributed by atoms with van der Waals surface area (Å²) in [6.45, 7) is 0. The molecule has 2 rings (SSSR count). The van der Waals surface area contributed by atoms with Gasteiger partial charge in [-0.1, -0.05) is 12.1 Å². The van der Waals surface area contributed by atoms with Crippen molar-refractivity contribution in [2.75, 3.05) is 0 Å². The normalized spacial score (nSPS) is 12.4. The summed E-state index contributed by atoms with van der Waals surface area (Å²) in [6.07, 6.45) is -1.47. The highest BCUT2D eigenvalue weighted by Gasteiger charge is 2.31. The third-order valence-corrected chi connectivity index (χ3v) is 2.54. The topological polar surface area (TPSA) is 48.1 Å². The largest absolute Gasteiger partial charge is 0.573 e. The van der Waals surface area contributed by atoms with Crippen LogP contribution in [0.1, 0.15) is 17.2 Å². The molecule has 0 spiro atoms. The van der Waals surface area contributed by atoms with Gasteiger partial charge in [-0.3, -0.25) is 4.98 Å². The lowest BCUT2D eigenvalue weighted by Crippen LogP contribution is -2.17. The first kappa shape index (κ1) is 16.3. The van der Waals surface area contributed by atoms with Crippen molar-refractivity contribution in [3.05, 3.63) is 59.9 Å². The molecule has 0 amide bonds. The first-order chi connectivity index (χ1) is 8.96. The molecule has 3 nitrogen and oxygen atoms in total. The summed E-state index contributed by atoms with van der Waals surface area (Å²) >= 11 is 0. The maximum Gasteiger partial charge on any atom is 0.573 e. The Morgan fingerprint density at radius 3 is 1.95 bits per heavy atom. The van der Waals surface area contributed by atoms with Gasteiger partial charge in [0.05, 0.1) is 6.04 Å². The fourth-order valence-electron chi connectivity index (χ4n) is 1.64. The smallest absolute Gasteiger partial charge is 0.406 e. The van der Waals surface area contributed by atoms with E-state index in [-0.39, 0.29) is 18.2 Å². The second-order valence-corrected chi connectivity index (χ2v) is 3.88. The van der Waals surface area contributed by atoms with E-state index in [4.69, 9.17) is 5.73 Å². The monoisotopic (exact) mass is 304 g/mol. The molecule has 0 saturated carbocycles. The maximum atomic E-state index is 12.0. The number of rotatable bonds is 3. The van der Waals surface area contributed by atoms with Crippen LogP contribution in [0.25, 0.3) is 0 Å². The molecular weight excluding hydrogens is 293 g/mol. The third kappa shape index (κ3) is 4.40. The highest BCUT2D eigenvalue weighted by molar-refractivity contribution is 5.85. The Balaban J connectivity index is 0.00000200. The van der Waals surface area contributed by atoms with E-state index in [1.54, 1.807) is 24.5 Å². The number of nitrogens with two attached hydrogens (primary N) is 1. The van der Waals surface area contributed by atoms with Crippen LogP contribution in [0.4, 0.5) is 13.2 Å². The van der Waals surface area contributed by atoms with Gasteiger partial charge in [-0.2, -0.15) is 0 Å². The van der Waals surface area contributed by atoms with Crippen LogP contribution in [0.3, 0.4) is 0 Å². The molecule has 0 aliphatic heterocycles. The Hall–Kier alpha value is -1.79. The first-order valence-electron chi connectivity index (χ1n) is 5.47. The number of halogens is 4. The van der Waals surface area contributed by atoms with Crippen LogP contribution in [0, 0.1) is 0 Å². The van der Waals surface area contributed by atoms with Gasteiger partial charge >= 0.3 is 6.36 Å². The third-order valence-electron chi connectivity index (χ3n) is 2.54. The van der Waals surface area contributed by atoms with E-state index >= 15 is 0 Å². The number of ether oxygens (including phenoxy) is 1. The second kappa shape index (κ2) is 6.58. The van der Waals surface area contributed by atoms with Crippen LogP contribution in [-0.4, -0.2) is 11.3 Å². The van der Waals surface area contributed by atoms with Gasteiger partial charge in [-0.25, -0.2) is 0 Å². The van der Waals surface area contributed by atoms with Crippen LogP contribution in [0.15, 0.2) is 48.8 Å². The molecule has 0 fully saturated rings. The fraction of sp³-hybridized carbons (Fsp3) is 0.154. The molecule has 2 aromatic rings. The van der Waals surface area contributed by atoms with Crippen molar-refractivity contribution in [3.8, 4) is 5.75 Å². The van der Waals surface area contributed by atoms with Crippen molar-refractivity contribution < 1.29 is 17.9 Å². The van der Waals surface area contributed by atoms with Crippen molar-refractivity contribution in [1.82, 2.24) is 4.98 Å². The molecule has 0 aliphatic rings. The standard InChI is InChI=1S/C13H11F3N2O.ClH/c14-13(15,16)19-11-3-1-9(2-4-11)12(17)10-5-7-18-8-6-10;/h1-8,12H,17H2;1H/t12-;/m0./s1. The van der Waals surface area contributed by atoms with E-state index in [2.05, 4.69) is 9.72 Å². The maximum absolute atomic E-state index is 12.0. The Labute approximate surface area is 120 Å². The summed E-state index contributed by atoms with van der Waals surface area (Å²) in [4.78, 5) is 3.88. The molecule has 2 N–H and O–H groups in total. The highest BCUT2D eigenvalue weighted by Crippen LogP contribution is 2.25. The van der Waals surface area contributed by atoms with Crippen LogP contribution in [0.5, 0.6) is 5.75 Å². The number of hydrogen-bond acceptors (Lipinski definition) is 3. The zero-order chi connectivity index (χ0) is 13.9. The van der Waals surface area contributed by atoms with E-state index < -0.39 is 12.4 Å². The average molecular weight is 305 g/mol. The molecule has 1 aromatic carbocycles. The number of pyridine rings is 1. The zero-order valence-electron chi connectivity index (χ0n) is 10.2. The fourth-order valence-corrected chi connectivity index (χ4v) is 1.64. The van der Waals surface area contributed by atoms with Crippen molar-refractivity contribution in [3.63, 3.8) is 0 Å². The molecule has 0 unspecified atom stereocenters. The molecule has 0 radical (unpaired) electrons. The first-order valence-corrected chi connectivity index (χ1v) is 5.47. The minimum absolute atomic E-state index is 0. The zero-order valence-corrected chi connectivity index (χ0v) is 11.0. The van der Waals surface area contributed by atoms with Gasteiger partial charge in [0.2, 0.25) is 0 Å². The van der Waals surface area contributed by atoms with Crippen LogP contribution < -0.4 is 10.5 Å². The number of benzene rings is 1. The van der Waals surface area contributed by atoms with E-state index in [1.165, 1.54) is 24.3 Å². The van der Waals surface area contributed by atoms with Crippen molar-refractivity contribution in [2.45, 2.75) is 12.4 Å². The summed E-state index contributed by atoms with van der Waals surface area (Å²) in [6, 6.07) is 8.59. The predicted molar refractivity (Wildman–Crippen MR) is 70.6 cm³/mol. The number of alkyl halides is 3. The van der Waals surface area contributed by atoms with Gasteiger partial charge in [0.15, 0.2) is 0 Å². The Morgan fingerprint density at radius 1 is 0.950 bits per heavy atom. The minimum Gasteiger partial charge on any atom is -0.406 e. The predicted octanol–water partition coefficient (Wildman–Crippen LogP) is 3.45. The summed E-state index contributed by atoms with van der Waals surface area (Å²) in [5.74, 6) is -0.266. The molecule has 20 heavy (non-hydrogen) atoms. The number of aromatic nitrogens is 1. The number of hydrogen-bond donors (Lipinski definition) is 1. The van der Waals surface area contributed by atoms with Crippen LogP contribution in [0.2, 0.25) is 0 Å². The van der Waals surface area contributed by atoms with Crippen molar-refractivity contribution in [1.29, 1.82) is 0 Å². The van der Waals surface area contributed by atoms with Gasteiger partial charge in [-0.05, 0) is 35.4 Å². The van der Waals surface area contributed by atoms with E-state index in [9.17, 15) is 13.2 Å². The Morgan fingerprint density at radius 2 is 1.45 bits per heavy atom. The van der Waals surface area contributed by atoms with Crippen LogP contribution >= 0.6 is 12.4 Å². The van der Waals surface area contributed by atoms with E-state index in [0.29, 0.717) is 5.56 Å². The SMILES string of the molecule is Cl.N[C@H](c1ccncc1)c1ccc(OC(F)(F)F)cc1. The van der Waals surface area contributed by atoms with Crippen LogP contribution in [-0.2, 0) is 0 Å². The number of nitrogens with zero attached hydrogens (tertiary/aromatic N) is 1. The van der Waals surface area contributed by atoms with Crippen molar-refractivity contribution in [2.24, 2.45) is 5.73 Å². The van der Waals surface area contributed by atoms with Crippen molar-refractivity contribution >= 4 is 12.4 Å². The quantitative estimate of drug-likeness (QED) is 0.945. The van der Waals surface area contributed by atoms with Gasteiger partial charge in [-0.15, -0.1) is 25.6 Å². The van der Waals surface area contributed by atoms with E-state index in [0.717, 1.165) is 5.56 Å². The van der Waals surface area contributed by atoms with Gasteiger partial charge in [0.25, 0.3) is 0 Å². The molecule has 7 heteroatoms. The summed E-state index contributed by atoms with van der Waals surface area (Å²) in [5.41, 5.74) is 7.53. The Kier molecular flexibility index (Phi) is 5.35. The lowest BCUT2D eigenvalue weighted by atomic mass is 10.0. The second-order valence-electron chi connectivity index (χ2n) is 3.88. The summed E-state index contributed by atoms with van der Waals surface area (Å²) in [5, 5.41) is 0. The summed E-state index contributed by atoms with van der Waals surface area (Å²) in [7, 11) is 0. The van der Waals surface area contributed by atoms with Gasteiger partial charge in [0.1, 0.15) is 5.75 Å².